The minimum absolute atomic E-state index is 0.0348. The second-order valence-electron chi connectivity index (χ2n) is 9.45. The zero-order valence-electron chi connectivity index (χ0n) is 21.5. The summed E-state index contributed by atoms with van der Waals surface area (Å²) in [6, 6.07) is 11.4. The molecule has 5 rings (SSSR count). The van der Waals surface area contributed by atoms with E-state index in [-0.39, 0.29) is 23.7 Å². The molecule has 0 saturated carbocycles. The quantitative estimate of drug-likeness (QED) is 0.369. The highest BCUT2D eigenvalue weighted by molar-refractivity contribution is 5.99. The van der Waals surface area contributed by atoms with Crippen molar-refractivity contribution in [3.05, 3.63) is 72.3 Å². The molecule has 208 valence electrons. The first-order chi connectivity index (χ1) is 19.1. The number of hydrogen-bond acceptors (Lipinski definition) is 7. The van der Waals surface area contributed by atoms with Crippen LogP contribution in [0.25, 0.3) is 10.9 Å². The van der Waals surface area contributed by atoms with E-state index in [1.54, 1.807) is 29.2 Å². The number of nitrogens with zero attached hydrogens (tertiary/aromatic N) is 5. The summed E-state index contributed by atoms with van der Waals surface area (Å²) in [5.41, 5.74) is 5.47. The third-order valence-corrected chi connectivity index (χ3v) is 6.55. The summed E-state index contributed by atoms with van der Waals surface area (Å²) < 4.78 is 48.9. The highest BCUT2D eigenvalue weighted by Gasteiger charge is 2.36. The third-order valence-electron chi connectivity index (χ3n) is 6.55. The standard InChI is InChI=1S/C27H26F3N7O3/c1-35-8-10-36(11-9-35)23-4-2-18(13-21(23)27(28,29)30)34-26(39)37-7-6-17-12-20(3-5-22(17)37)40-25-15-19(14-24(31)38)32-16-33-25/h2-7,12-13,15-16H,8-11,14H2,1H3,(H2,31,38)(H,34,39). The number of aromatic nitrogens is 3. The maximum atomic E-state index is 14.0. The van der Waals surface area contributed by atoms with Gasteiger partial charge in [0, 0.05) is 55.2 Å². The van der Waals surface area contributed by atoms with Crippen molar-refractivity contribution in [1.29, 1.82) is 0 Å². The van der Waals surface area contributed by atoms with Crippen molar-refractivity contribution in [3.8, 4) is 11.6 Å². The zero-order valence-corrected chi connectivity index (χ0v) is 21.5. The van der Waals surface area contributed by atoms with Gasteiger partial charge in [-0.15, -0.1) is 0 Å². The van der Waals surface area contributed by atoms with Crippen LogP contribution in [0.3, 0.4) is 0 Å². The Hall–Kier alpha value is -4.65. The first-order valence-corrected chi connectivity index (χ1v) is 12.4. The second kappa shape index (κ2) is 10.8. The van der Waals surface area contributed by atoms with Crippen molar-refractivity contribution in [2.24, 2.45) is 5.73 Å². The molecular formula is C27H26F3N7O3. The van der Waals surface area contributed by atoms with Gasteiger partial charge in [-0.05, 0) is 49.5 Å². The van der Waals surface area contributed by atoms with Crippen LogP contribution in [0.1, 0.15) is 11.3 Å². The normalized spacial score (nSPS) is 14.3. The molecule has 10 nitrogen and oxygen atoms in total. The fourth-order valence-electron chi connectivity index (χ4n) is 4.54. The fourth-order valence-corrected chi connectivity index (χ4v) is 4.54. The number of hydrogen-bond donors (Lipinski definition) is 2. The Morgan fingerprint density at radius 3 is 2.52 bits per heavy atom. The molecule has 2 aromatic carbocycles. The predicted molar refractivity (Wildman–Crippen MR) is 143 cm³/mol. The number of benzene rings is 2. The lowest BCUT2D eigenvalue weighted by atomic mass is 10.1. The maximum absolute atomic E-state index is 14.0. The van der Waals surface area contributed by atoms with Crippen LogP contribution in [0.15, 0.2) is 61.1 Å². The van der Waals surface area contributed by atoms with E-state index in [0.29, 0.717) is 48.5 Å². The minimum Gasteiger partial charge on any atom is -0.439 e. The van der Waals surface area contributed by atoms with Gasteiger partial charge in [-0.25, -0.2) is 14.8 Å². The van der Waals surface area contributed by atoms with Gasteiger partial charge in [-0.2, -0.15) is 13.2 Å². The Morgan fingerprint density at radius 1 is 1.02 bits per heavy atom. The van der Waals surface area contributed by atoms with E-state index in [0.717, 1.165) is 6.07 Å². The van der Waals surface area contributed by atoms with Crippen molar-refractivity contribution in [2.45, 2.75) is 12.6 Å². The van der Waals surface area contributed by atoms with Gasteiger partial charge < -0.3 is 25.6 Å². The van der Waals surface area contributed by atoms with Gasteiger partial charge in [-0.3, -0.25) is 9.36 Å². The molecule has 1 saturated heterocycles. The Morgan fingerprint density at radius 2 is 1.80 bits per heavy atom. The number of piperazine rings is 1. The molecule has 3 heterocycles. The first-order valence-electron chi connectivity index (χ1n) is 12.4. The Bertz CT molecular complexity index is 1560. The van der Waals surface area contributed by atoms with E-state index in [4.69, 9.17) is 10.5 Å². The molecular weight excluding hydrogens is 527 g/mol. The van der Waals surface area contributed by atoms with Crippen molar-refractivity contribution in [3.63, 3.8) is 0 Å². The monoisotopic (exact) mass is 553 g/mol. The van der Waals surface area contributed by atoms with Crippen LogP contribution >= 0.6 is 0 Å². The number of primary amides is 1. The highest BCUT2D eigenvalue weighted by Crippen LogP contribution is 2.39. The number of ether oxygens (including phenoxy) is 1. The molecule has 0 radical (unpaired) electrons. The average Bonchev–Trinajstić information content (AvgIpc) is 3.32. The summed E-state index contributed by atoms with van der Waals surface area (Å²) in [7, 11) is 1.93. The zero-order chi connectivity index (χ0) is 28.4. The van der Waals surface area contributed by atoms with Gasteiger partial charge in [0.15, 0.2) is 0 Å². The Balaban J connectivity index is 1.33. The van der Waals surface area contributed by atoms with Crippen LogP contribution in [0, 0.1) is 0 Å². The number of nitrogens with one attached hydrogen (secondary N) is 1. The molecule has 40 heavy (non-hydrogen) atoms. The SMILES string of the molecule is CN1CCN(c2ccc(NC(=O)n3ccc4cc(Oc5cc(CC(N)=O)ncn5)ccc43)cc2C(F)(F)F)CC1. The van der Waals surface area contributed by atoms with Crippen LogP contribution in [-0.2, 0) is 17.4 Å². The summed E-state index contributed by atoms with van der Waals surface area (Å²) in [6.45, 7) is 2.30. The van der Waals surface area contributed by atoms with Crippen LogP contribution in [0.5, 0.6) is 11.6 Å². The molecule has 2 amide bonds. The fraction of sp³-hybridized carbons (Fsp3) is 0.259. The Labute approximate surface area is 227 Å². The highest BCUT2D eigenvalue weighted by atomic mass is 19.4. The molecule has 4 aromatic rings. The van der Waals surface area contributed by atoms with E-state index in [1.165, 1.54) is 35.3 Å². The summed E-state index contributed by atoms with van der Waals surface area (Å²) in [5, 5.41) is 3.23. The molecule has 1 aliphatic heterocycles. The topological polar surface area (TPSA) is 119 Å². The van der Waals surface area contributed by atoms with Crippen LogP contribution in [0.4, 0.5) is 29.3 Å². The number of nitrogens with two attached hydrogens (primary N) is 1. The van der Waals surface area contributed by atoms with Crippen LogP contribution < -0.4 is 20.7 Å². The summed E-state index contributed by atoms with van der Waals surface area (Å²) in [5.74, 6) is 0.0956. The molecule has 13 heteroatoms. The van der Waals surface area contributed by atoms with Gasteiger partial charge in [0.05, 0.1) is 23.2 Å². The molecule has 0 bridgehead atoms. The number of carbonyl (C=O) groups is 2. The van der Waals surface area contributed by atoms with Gasteiger partial charge in [0.1, 0.15) is 12.1 Å². The van der Waals surface area contributed by atoms with Crippen molar-refractivity contribution < 1.29 is 27.5 Å². The van der Waals surface area contributed by atoms with E-state index in [1.807, 2.05) is 7.05 Å². The van der Waals surface area contributed by atoms with Crippen LogP contribution in [0.2, 0.25) is 0 Å². The lowest BCUT2D eigenvalue weighted by molar-refractivity contribution is -0.137. The van der Waals surface area contributed by atoms with Gasteiger partial charge in [0.25, 0.3) is 0 Å². The molecule has 0 aliphatic carbocycles. The number of alkyl halides is 3. The number of carbonyl (C=O) groups excluding carboxylic acids is 2. The first kappa shape index (κ1) is 26.9. The lowest BCUT2D eigenvalue weighted by Crippen LogP contribution is -2.45. The van der Waals surface area contributed by atoms with E-state index in [2.05, 4.69) is 20.2 Å². The molecule has 2 aromatic heterocycles. The number of amides is 2. The number of halogens is 3. The Kier molecular flexibility index (Phi) is 7.30. The number of rotatable bonds is 6. The largest absolute Gasteiger partial charge is 0.439 e. The van der Waals surface area contributed by atoms with Crippen molar-refractivity contribution in [1.82, 2.24) is 19.4 Å². The van der Waals surface area contributed by atoms with Crippen molar-refractivity contribution >= 4 is 34.2 Å². The van der Waals surface area contributed by atoms with Gasteiger partial charge >= 0.3 is 12.2 Å². The molecule has 3 N–H and O–H groups in total. The van der Waals surface area contributed by atoms with Gasteiger partial charge in [-0.1, -0.05) is 0 Å². The molecule has 1 fully saturated rings. The molecule has 1 aliphatic rings. The summed E-state index contributed by atoms with van der Waals surface area (Å²) in [6.07, 6.45) is -1.86. The predicted octanol–water partition coefficient (Wildman–Crippen LogP) is 4.10. The van der Waals surface area contributed by atoms with Crippen molar-refractivity contribution in [2.75, 3.05) is 43.4 Å². The average molecular weight is 554 g/mol. The van der Waals surface area contributed by atoms with E-state index < -0.39 is 23.7 Å². The van der Waals surface area contributed by atoms with E-state index in [9.17, 15) is 22.8 Å². The summed E-state index contributed by atoms with van der Waals surface area (Å²) >= 11 is 0. The molecule has 0 unspecified atom stereocenters. The minimum atomic E-state index is -4.58. The number of fused-ring (bicyclic) bond motifs is 1. The van der Waals surface area contributed by atoms with E-state index >= 15 is 0 Å². The van der Waals surface area contributed by atoms with Crippen LogP contribution in [-0.4, -0.2) is 64.6 Å². The summed E-state index contributed by atoms with van der Waals surface area (Å²) in [4.78, 5) is 36.0. The smallest absolute Gasteiger partial charge is 0.418 e. The number of anilines is 2. The molecule has 0 atom stereocenters. The number of likely N-dealkylation sites (N-methyl/N-ethyl adjacent to an activating group) is 1. The van der Waals surface area contributed by atoms with Gasteiger partial charge in [0.2, 0.25) is 11.8 Å². The second-order valence-corrected chi connectivity index (χ2v) is 9.45. The maximum Gasteiger partial charge on any atom is 0.418 e. The molecule has 0 spiro atoms. The lowest BCUT2D eigenvalue weighted by Gasteiger charge is -2.35. The third kappa shape index (κ3) is 5.99.